The van der Waals surface area contributed by atoms with Crippen LogP contribution >= 0.6 is 15.9 Å². The summed E-state index contributed by atoms with van der Waals surface area (Å²) >= 11 is 3.47. The second-order valence-electron chi connectivity index (χ2n) is 3.36. The zero-order valence-electron chi connectivity index (χ0n) is 7.79. The Morgan fingerprint density at radius 2 is 2.07 bits per heavy atom. The molecule has 0 aliphatic rings. The van der Waals surface area contributed by atoms with Crippen molar-refractivity contribution in [2.75, 3.05) is 0 Å². The minimum atomic E-state index is 0.475. The quantitative estimate of drug-likeness (QED) is 0.625. The van der Waals surface area contributed by atoms with Gasteiger partial charge >= 0.3 is 0 Å². The highest BCUT2D eigenvalue weighted by molar-refractivity contribution is 9.10. The summed E-state index contributed by atoms with van der Waals surface area (Å²) in [4.78, 5) is 0. The number of halogens is 1. The second kappa shape index (κ2) is 3.17. The fraction of sp³-hybridized carbons (Fsp3) is 0.0909. The molecule has 0 aliphatic carbocycles. The maximum absolute atomic E-state index is 5.63. The van der Waals surface area contributed by atoms with Crippen LogP contribution in [0.3, 0.4) is 0 Å². The normalized spacial score (nSPS) is 11.5. The van der Waals surface area contributed by atoms with Crippen molar-refractivity contribution < 1.29 is 8.83 Å². The van der Waals surface area contributed by atoms with Crippen molar-refractivity contribution in [2.45, 2.75) is 6.32 Å². The predicted octanol–water partition coefficient (Wildman–Crippen LogP) is 3.61. The molecule has 4 heteroatoms. The standard InChI is InChI=1S/C11H6BBrO2/c12-4-6-5-15-10-7-1-2-14-11(7)9(13)3-8(6)10/h1-3,5H,4H2. The van der Waals surface area contributed by atoms with Crippen molar-refractivity contribution in [1.82, 2.24) is 0 Å². The van der Waals surface area contributed by atoms with Crippen LogP contribution < -0.4 is 0 Å². The van der Waals surface area contributed by atoms with Crippen molar-refractivity contribution in [3.8, 4) is 0 Å². The summed E-state index contributed by atoms with van der Waals surface area (Å²) in [5.74, 6) is 0. The van der Waals surface area contributed by atoms with Gasteiger partial charge in [-0.1, -0.05) is 6.32 Å². The third-order valence-electron chi connectivity index (χ3n) is 2.53. The Morgan fingerprint density at radius 1 is 1.20 bits per heavy atom. The summed E-state index contributed by atoms with van der Waals surface area (Å²) in [6.07, 6.45) is 3.83. The van der Waals surface area contributed by atoms with Crippen LogP contribution in [0.25, 0.3) is 21.9 Å². The van der Waals surface area contributed by atoms with Gasteiger partial charge in [0.15, 0.2) is 5.58 Å². The summed E-state index contributed by atoms with van der Waals surface area (Å²) in [6.45, 7) is 0. The molecular formula is C11H6BBrO2. The van der Waals surface area contributed by atoms with Gasteiger partial charge in [-0.2, -0.15) is 0 Å². The topological polar surface area (TPSA) is 26.3 Å². The number of hydrogen-bond acceptors (Lipinski definition) is 2. The number of fused-ring (bicyclic) bond motifs is 3. The van der Waals surface area contributed by atoms with Crippen molar-refractivity contribution in [1.29, 1.82) is 0 Å². The van der Waals surface area contributed by atoms with E-state index in [1.54, 1.807) is 12.5 Å². The first-order valence-electron chi connectivity index (χ1n) is 4.57. The molecule has 1 aromatic carbocycles. The minimum Gasteiger partial charge on any atom is -0.463 e. The molecule has 15 heavy (non-hydrogen) atoms. The van der Waals surface area contributed by atoms with Gasteiger partial charge in [-0.05, 0) is 33.6 Å². The smallest absolute Gasteiger partial charge is 0.151 e. The summed E-state index contributed by atoms with van der Waals surface area (Å²) in [7, 11) is 5.63. The molecule has 72 valence electrons. The zero-order valence-corrected chi connectivity index (χ0v) is 9.37. The molecule has 0 atom stereocenters. The lowest BCUT2D eigenvalue weighted by Crippen LogP contribution is -1.80. The fourth-order valence-corrected chi connectivity index (χ4v) is 2.33. The Hall–Kier alpha value is -1.16. The van der Waals surface area contributed by atoms with Crippen LogP contribution in [0, 0.1) is 0 Å². The molecule has 0 fully saturated rings. The monoisotopic (exact) mass is 260 g/mol. The molecular weight excluding hydrogens is 255 g/mol. The molecule has 3 rings (SSSR count). The second-order valence-corrected chi connectivity index (χ2v) is 4.22. The van der Waals surface area contributed by atoms with E-state index in [-0.39, 0.29) is 0 Å². The molecule has 2 nitrogen and oxygen atoms in total. The summed E-state index contributed by atoms with van der Waals surface area (Å²) < 4.78 is 11.8. The first-order valence-corrected chi connectivity index (χ1v) is 5.36. The van der Waals surface area contributed by atoms with Crippen molar-refractivity contribution in [3.63, 3.8) is 0 Å². The highest BCUT2D eigenvalue weighted by Gasteiger charge is 2.12. The van der Waals surface area contributed by atoms with E-state index in [0.29, 0.717) is 6.32 Å². The van der Waals surface area contributed by atoms with Crippen LogP contribution in [0.2, 0.25) is 0 Å². The molecule has 0 unspecified atom stereocenters. The molecule has 0 aliphatic heterocycles. The van der Waals surface area contributed by atoms with Crippen molar-refractivity contribution in [2.24, 2.45) is 0 Å². The fourth-order valence-electron chi connectivity index (χ4n) is 1.79. The molecule has 0 N–H and O–H groups in total. The van der Waals surface area contributed by atoms with Gasteiger partial charge in [-0.15, -0.1) is 0 Å². The Kier molecular flexibility index (Phi) is 1.92. The highest BCUT2D eigenvalue weighted by Crippen LogP contribution is 2.35. The average Bonchev–Trinajstić information content (AvgIpc) is 2.81. The van der Waals surface area contributed by atoms with E-state index in [2.05, 4.69) is 15.9 Å². The lowest BCUT2D eigenvalue weighted by atomic mass is 9.96. The van der Waals surface area contributed by atoms with Gasteiger partial charge in [-0.25, -0.2) is 0 Å². The van der Waals surface area contributed by atoms with Gasteiger partial charge in [0, 0.05) is 5.39 Å². The van der Waals surface area contributed by atoms with Crippen molar-refractivity contribution in [3.05, 3.63) is 34.7 Å². The maximum Gasteiger partial charge on any atom is 0.151 e. The largest absolute Gasteiger partial charge is 0.463 e. The van der Waals surface area contributed by atoms with Crippen LogP contribution in [0.15, 0.2) is 38.0 Å². The number of rotatable bonds is 1. The lowest BCUT2D eigenvalue weighted by Gasteiger charge is -1.96. The first-order chi connectivity index (χ1) is 7.31. The van der Waals surface area contributed by atoms with E-state index in [0.717, 1.165) is 32.0 Å². The van der Waals surface area contributed by atoms with E-state index in [1.807, 2.05) is 12.1 Å². The number of benzene rings is 1. The first kappa shape index (κ1) is 9.10. The van der Waals surface area contributed by atoms with Gasteiger partial charge in [0.05, 0.1) is 30.2 Å². The van der Waals surface area contributed by atoms with Gasteiger partial charge in [-0.3, -0.25) is 0 Å². The van der Waals surface area contributed by atoms with E-state index < -0.39 is 0 Å². The average molecular weight is 261 g/mol. The Balaban J connectivity index is 2.56. The van der Waals surface area contributed by atoms with Crippen LogP contribution in [-0.4, -0.2) is 7.85 Å². The van der Waals surface area contributed by atoms with E-state index in [4.69, 9.17) is 16.7 Å². The molecule has 0 saturated heterocycles. The Labute approximate surface area is 95.8 Å². The van der Waals surface area contributed by atoms with Crippen molar-refractivity contribution >= 4 is 45.7 Å². The summed E-state index contributed by atoms with van der Waals surface area (Å²) in [6, 6.07) is 3.87. The molecule has 2 heterocycles. The minimum absolute atomic E-state index is 0.475. The van der Waals surface area contributed by atoms with Crippen LogP contribution in [0.4, 0.5) is 0 Å². The van der Waals surface area contributed by atoms with E-state index >= 15 is 0 Å². The number of furan rings is 2. The van der Waals surface area contributed by atoms with Gasteiger partial charge < -0.3 is 8.83 Å². The third kappa shape index (κ3) is 1.18. The van der Waals surface area contributed by atoms with E-state index in [1.165, 1.54) is 0 Å². The lowest BCUT2D eigenvalue weighted by molar-refractivity contribution is 0.609. The molecule has 0 spiro atoms. The van der Waals surface area contributed by atoms with Crippen LogP contribution in [0.1, 0.15) is 5.56 Å². The zero-order chi connectivity index (χ0) is 10.4. The number of hydrogen-bond donors (Lipinski definition) is 0. The third-order valence-corrected chi connectivity index (χ3v) is 3.12. The molecule has 0 amide bonds. The maximum atomic E-state index is 5.63. The molecule has 0 saturated carbocycles. The van der Waals surface area contributed by atoms with Gasteiger partial charge in [0.25, 0.3) is 0 Å². The predicted molar refractivity (Wildman–Crippen MR) is 63.1 cm³/mol. The molecule has 0 bridgehead atoms. The van der Waals surface area contributed by atoms with Crippen LogP contribution in [-0.2, 0) is 6.32 Å². The molecule has 2 aromatic heterocycles. The molecule has 3 aromatic rings. The Bertz CT molecular complexity index is 638. The van der Waals surface area contributed by atoms with Gasteiger partial charge in [0.1, 0.15) is 5.58 Å². The van der Waals surface area contributed by atoms with Gasteiger partial charge in [0.2, 0.25) is 0 Å². The summed E-state index contributed by atoms with van der Waals surface area (Å²) in [5, 5.41) is 2.01. The summed E-state index contributed by atoms with van der Waals surface area (Å²) in [5.41, 5.74) is 2.65. The Morgan fingerprint density at radius 3 is 2.87 bits per heavy atom. The highest BCUT2D eigenvalue weighted by atomic mass is 79.9. The van der Waals surface area contributed by atoms with E-state index in [9.17, 15) is 0 Å². The molecule has 2 radical (unpaired) electrons. The SMILES string of the molecule is [B]Cc1coc2c1cc(Br)c1occc12. The van der Waals surface area contributed by atoms with Crippen LogP contribution in [0.5, 0.6) is 0 Å².